The van der Waals surface area contributed by atoms with Crippen LogP contribution in [0.2, 0.25) is 0 Å². The lowest BCUT2D eigenvalue weighted by atomic mass is 9.93. The van der Waals surface area contributed by atoms with Crippen molar-refractivity contribution in [2.45, 2.75) is 19.0 Å². The highest BCUT2D eigenvalue weighted by Crippen LogP contribution is 2.40. The van der Waals surface area contributed by atoms with E-state index in [9.17, 15) is 31.1 Å². The Morgan fingerprint density at radius 1 is 1.04 bits per heavy atom. The highest BCUT2D eigenvalue weighted by atomic mass is 19.4. The fraction of sp³-hybridized carbons (Fsp3) is 0.222. The molecule has 0 saturated carbocycles. The lowest BCUT2D eigenvalue weighted by Gasteiger charge is -2.17. The Balaban J connectivity index is 2.51. The number of benzene rings is 2. The second-order valence-corrected chi connectivity index (χ2v) is 5.78. The fourth-order valence-corrected chi connectivity index (χ4v) is 3.01. The number of pyridine rings is 1. The number of hydrogen-bond acceptors (Lipinski definition) is 3. The number of alkyl halides is 6. The minimum Gasteiger partial charge on any atom is -0.380 e. The van der Waals surface area contributed by atoms with E-state index in [0.29, 0.717) is 6.07 Å². The van der Waals surface area contributed by atoms with Crippen molar-refractivity contribution >= 4 is 27.5 Å². The maximum atomic E-state index is 13.7. The van der Waals surface area contributed by atoms with E-state index in [1.807, 2.05) is 0 Å². The molecule has 0 atom stereocenters. The van der Waals surface area contributed by atoms with Gasteiger partial charge in [-0.15, -0.1) is 0 Å². The number of ether oxygens (including phenoxy) is 1. The number of ketones is 1. The SMILES string of the molecule is COCc1cnc2c(cc(C(=O)C(F)(F)F)c3ccccc32)c1C(F)(F)F. The molecule has 0 spiro atoms. The molecule has 0 saturated heterocycles. The summed E-state index contributed by atoms with van der Waals surface area (Å²) in [6, 6.07) is 6.02. The molecule has 0 N–H and O–H groups in total. The van der Waals surface area contributed by atoms with Gasteiger partial charge in [-0.3, -0.25) is 9.78 Å². The number of Topliss-reactive ketones (excluding diaryl/α,β-unsaturated/α-hetero) is 1. The Morgan fingerprint density at radius 2 is 1.67 bits per heavy atom. The number of hydrogen-bond donors (Lipinski definition) is 0. The van der Waals surface area contributed by atoms with Gasteiger partial charge in [-0.2, -0.15) is 26.3 Å². The number of carbonyl (C=O) groups is 1. The summed E-state index contributed by atoms with van der Waals surface area (Å²) in [6.07, 6.45) is -9.13. The largest absolute Gasteiger partial charge is 0.454 e. The Bertz CT molecular complexity index is 1040. The summed E-state index contributed by atoms with van der Waals surface area (Å²) in [5.74, 6) is -2.22. The first-order chi connectivity index (χ1) is 12.6. The number of methoxy groups -OCH3 is 1. The molecule has 1 heterocycles. The van der Waals surface area contributed by atoms with Gasteiger partial charge in [-0.25, -0.2) is 0 Å². The first-order valence-corrected chi connectivity index (χ1v) is 7.56. The highest BCUT2D eigenvalue weighted by Gasteiger charge is 2.41. The first kappa shape index (κ1) is 19.1. The number of rotatable bonds is 3. The predicted octanol–water partition coefficient (Wildman–Crippen LogP) is 5.30. The van der Waals surface area contributed by atoms with Gasteiger partial charge in [0.1, 0.15) is 0 Å². The van der Waals surface area contributed by atoms with Crippen molar-refractivity contribution in [1.29, 1.82) is 0 Å². The molecular weight excluding hydrogens is 376 g/mol. The summed E-state index contributed by atoms with van der Waals surface area (Å²) >= 11 is 0. The molecule has 0 aliphatic heterocycles. The highest BCUT2D eigenvalue weighted by molar-refractivity contribution is 6.18. The lowest BCUT2D eigenvalue weighted by molar-refractivity contribution is -0.137. The van der Waals surface area contributed by atoms with Crippen LogP contribution < -0.4 is 0 Å². The topological polar surface area (TPSA) is 39.2 Å². The second-order valence-electron chi connectivity index (χ2n) is 5.78. The number of halogens is 6. The van der Waals surface area contributed by atoms with Crippen LogP contribution in [0.4, 0.5) is 26.3 Å². The monoisotopic (exact) mass is 387 g/mol. The third-order valence-electron chi connectivity index (χ3n) is 4.04. The zero-order valence-corrected chi connectivity index (χ0v) is 13.7. The first-order valence-electron chi connectivity index (χ1n) is 7.56. The van der Waals surface area contributed by atoms with Crippen molar-refractivity contribution in [1.82, 2.24) is 4.98 Å². The molecule has 0 bridgehead atoms. The van der Waals surface area contributed by atoms with Crippen molar-refractivity contribution in [3.8, 4) is 0 Å². The van der Waals surface area contributed by atoms with Crippen LogP contribution in [-0.2, 0) is 17.5 Å². The van der Waals surface area contributed by atoms with E-state index in [4.69, 9.17) is 4.74 Å². The molecule has 0 aliphatic rings. The Morgan fingerprint density at radius 3 is 2.22 bits per heavy atom. The van der Waals surface area contributed by atoms with Crippen LogP contribution in [0.5, 0.6) is 0 Å². The Labute approximate surface area is 148 Å². The molecule has 2 aromatic carbocycles. The standard InChI is InChI=1S/C18H11F6NO2/c1-27-8-9-7-25-15-11-5-3-2-4-10(11)12(16(26)18(22,23)24)6-13(15)14(9)17(19,20)21/h2-7H,8H2,1H3. The molecule has 0 radical (unpaired) electrons. The van der Waals surface area contributed by atoms with Crippen molar-refractivity contribution in [3.63, 3.8) is 0 Å². The van der Waals surface area contributed by atoms with E-state index >= 15 is 0 Å². The lowest BCUT2D eigenvalue weighted by Crippen LogP contribution is -2.23. The summed E-state index contributed by atoms with van der Waals surface area (Å²) < 4.78 is 84.7. The van der Waals surface area contributed by atoms with E-state index in [1.165, 1.54) is 31.4 Å². The summed E-state index contributed by atoms with van der Waals surface area (Å²) in [5, 5.41) is -0.673. The van der Waals surface area contributed by atoms with E-state index in [1.54, 1.807) is 0 Å². The van der Waals surface area contributed by atoms with Gasteiger partial charge in [-0.05, 0) is 11.5 Å². The number of fused-ring (bicyclic) bond motifs is 3. The molecule has 142 valence electrons. The number of carbonyl (C=O) groups excluding carboxylic acids is 1. The van der Waals surface area contributed by atoms with Crippen LogP contribution in [0.15, 0.2) is 36.5 Å². The maximum Gasteiger partial charge on any atom is 0.454 e. The van der Waals surface area contributed by atoms with Crippen LogP contribution in [0.3, 0.4) is 0 Å². The zero-order chi connectivity index (χ0) is 20.0. The fourth-order valence-electron chi connectivity index (χ4n) is 3.01. The van der Waals surface area contributed by atoms with Crippen molar-refractivity contribution in [2.24, 2.45) is 0 Å². The summed E-state index contributed by atoms with van der Waals surface area (Å²) in [5.41, 5.74) is -2.50. The molecule has 3 nitrogen and oxygen atoms in total. The van der Waals surface area contributed by atoms with Gasteiger partial charge in [0.15, 0.2) is 0 Å². The van der Waals surface area contributed by atoms with Gasteiger partial charge < -0.3 is 4.74 Å². The Kier molecular flexibility index (Phi) is 4.59. The van der Waals surface area contributed by atoms with Crippen LogP contribution in [0, 0.1) is 0 Å². The quantitative estimate of drug-likeness (QED) is 0.348. The van der Waals surface area contributed by atoms with Gasteiger partial charge in [0.05, 0.1) is 17.7 Å². The molecule has 1 aromatic heterocycles. The molecule has 3 rings (SSSR count). The summed E-state index contributed by atoms with van der Waals surface area (Å²) in [7, 11) is 1.18. The molecule has 0 unspecified atom stereocenters. The average Bonchev–Trinajstić information content (AvgIpc) is 2.58. The minimum absolute atomic E-state index is 0.0251. The van der Waals surface area contributed by atoms with E-state index < -0.39 is 41.3 Å². The Hall–Kier alpha value is -2.68. The van der Waals surface area contributed by atoms with E-state index in [-0.39, 0.29) is 21.9 Å². The summed E-state index contributed by atoms with van der Waals surface area (Å²) in [6.45, 7) is -0.437. The molecule has 9 heteroatoms. The minimum atomic E-state index is -5.23. The van der Waals surface area contributed by atoms with Crippen molar-refractivity contribution in [2.75, 3.05) is 7.11 Å². The zero-order valence-electron chi connectivity index (χ0n) is 13.7. The van der Waals surface area contributed by atoms with Crippen molar-refractivity contribution < 1.29 is 35.9 Å². The second kappa shape index (κ2) is 6.49. The average molecular weight is 387 g/mol. The molecule has 0 aliphatic carbocycles. The van der Waals surface area contributed by atoms with Gasteiger partial charge in [-0.1, -0.05) is 24.3 Å². The van der Waals surface area contributed by atoms with Gasteiger partial charge in [0, 0.05) is 35.2 Å². The van der Waals surface area contributed by atoms with Crippen LogP contribution in [0.1, 0.15) is 21.5 Å². The molecule has 0 fully saturated rings. The van der Waals surface area contributed by atoms with Gasteiger partial charge in [0.25, 0.3) is 5.78 Å². The third kappa shape index (κ3) is 3.34. The van der Waals surface area contributed by atoms with Gasteiger partial charge >= 0.3 is 12.4 Å². The molecule has 3 aromatic rings. The number of aromatic nitrogens is 1. The third-order valence-corrected chi connectivity index (χ3v) is 4.04. The van der Waals surface area contributed by atoms with Crippen LogP contribution in [0.25, 0.3) is 21.7 Å². The van der Waals surface area contributed by atoms with E-state index in [0.717, 1.165) is 6.20 Å². The maximum absolute atomic E-state index is 13.7. The molecular formula is C18H11F6NO2. The smallest absolute Gasteiger partial charge is 0.380 e. The predicted molar refractivity (Wildman–Crippen MR) is 85.3 cm³/mol. The number of nitrogens with zero attached hydrogens (tertiary/aromatic N) is 1. The molecule has 0 amide bonds. The normalized spacial score (nSPS) is 12.7. The van der Waals surface area contributed by atoms with Crippen molar-refractivity contribution in [3.05, 3.63) is 53.2 Å². The molecule has 27 heavy (non-hydrogen) atoms. The van der Waals surface area contributed by atoms with E-state index in [2.05, 4.69) is 4.98 Å². The van der Waals surface area contributed by atoms with Crippen LogP contribution >= 0.6 is 0 Å². The van der Waals surface area contributed by atoms with Crippen LogP contribution in [-0.4, -0.2) is 24.1 Å². The summed E-state index contributed by atoms with van der Waals surface area (Å²) in [4.78, 5) is 15.8. The van der Waals surface area contributed by atoms with Gasteiger partial charge in [0.2, 0.25) is 0 Å².